The minimum atomic E-state index is 0. The number of hydrogen-bond acceptors (Lipinski definition) is 2. The van der Waals surface area contributed by atoms with Crippen LogP contribution in [0.3, 0.4) is 0 Å². The van der Waals surface area contributed by atoms with E-state index in [1.54, 1.807) is 0 Å². The van der Waals surface area contributed by atoms with Crippen LogP contribution >= 0.6 is 0 Å². The predicted molar refractivity (Wildman–Crippen MR) is 106 cm³/mol. The van der Waals surface area contributed by atoms with Crippen LogP contribution in [0.1, 0.15) is 29.5 Å². The molecule has 1 heterocycles. The molecule has 1 aliphatic heterocycles. The Kier molecular flexibility index (Phi) is 9.45. The average molecular weight is 443 g/mol. The summed E-state index contributed by atoms with van der Waals surface area (Å²) in [7, 11) is 0. The normalized spacial score (nSPS) is 19.8. The predicted octanol–water partition coefficient (Wildman–Crippen LogP) is 4.51. The zero-order valence-electron chi connectivity index (χ0n) is 16.8. The van der Waals surface area contributed by atoms with E-state index in [1.807, 2.05) is 0 Å². The van der Waals surface area contributed by atoms with E-state index in [-0.39, 0.29) is 32.7 Å². The summed E-state index contributed by atoms with van der Waals surface area (Å²) < 4.78 is 13.0. The molecule has 0 aliphatic carbocycles. The molecule has 1 radical (unpaired) electrons. The Balaban J connectivity index is 0.00000261. The molecule has 3 rings (SSSR count). The largest absolute Gasteiger partial charge is 0.493 e. The molecular weight excluding hydrogens is 411 g/mol. The molecule has 3 nitrogen and oxygen atoms in total. The summed E-state index contributed by atoms with van der Waals surface area (Å²) in [6.07, 6.45) is 2.21. The van der Waals surface area contributed by atoms with Crippen molar-refractivity contribution < 1.29 is 46.7 Å². The number of nitrogens with zero attached hydrogens (tertiary/aromatic N) is 1. The van der Waals surface area contributed by atoms with Gasteiger partial charge in [0.1, 0.15) is 18.8 Å². The number of rotatable bonds is 7. The Bertz CT molecular complexity index is 662. The Morgan fingerprint density at radius 1 is 0.926 bits per heavy atom. The summed E-state index contributed by atoms with van der Waals surface area (Å²) in [5, 5.41) is 0. The van der Waals surface area contributed by atoms with Gasteiger partial charge in [-0.15, -0.1) is 0 Å². The van der Waals surface area contributed by atoms with Crippen molar-refractivity contribution in [3.63, 3.8) is 0 Å². The molecule has 0 bridgehead atoms. The van der Waals surface area contributed by atoms with Gasteiger partial charge in [0.25, 0.3) is 0 Å². The van der Waals surface area contributed by atoms with Crippen LogP contribution in [0.15, 0.2) is 48.5 Å². The summed E-state index contributed by atoms with van der Waals surface area (Å²) in [4.78, 5) is 0. The molecule has 0 saturated carbocycles. The maximum atomic E-state index is 6.14. The zero-order chi connectivity index (χ0) is 18.2. The second-order valence-electron chi connectivity index (χ2n) is 7.55. The maximum absolute atomic E-state index is 6.14. The molecule has 27 heavy (non-hydrogen) atoms. The van der Waals surface area contributed by atoms with Gasteiger partial charge < -0.3 is 14.0 Å². The molecule has 2 aromatic rings. The van der Waals surface area contributed by atoms with Crippen molar-refractivity contribution in [1.82, 2.24) is 0 Å². The minimum Gasteiger partial charge on any atom is -0.493 e. The number of aryl methyl sites for hydroxylation is 2. The van der Waals surface area contributed by atoms with E-state index >= 15 is 0 Å². The molecule has 1 unspecified atom stereocenters. The third kappa shape index (κ3) is 6.67. The SMILES string of the molecule is Cc1cccc(C)c1OCCC[N+]1(Cc2ccccc2)CCCOCC1.[Y]. The van der Waals surface area contributed by atoms with Gasteiger partial charge in [-0.2, -0.15) is 0 Å². The number of para-hydroxylation sites is 1. The van der Waals surface area contributed by atoms with Crippen LogP contribution in [-0.4, -0.2) is 43.9 Å². The zero-order valence-corrected chi connectivity index (χ0v) is 19.7. The Morgan fingerprint density at radius 3 is 2.41 bits per heavy atom. The number of quaternary nitrogens is 1. The van der Waals surface area contributed by atoms with E-state index in [1.165, 1.54) is 23.2 Å². The second kappa shape index (κ2) is 11.3. The molecule has 0 amide bonds. The van der Waals surface area contributed by atoms with Gasteiger partial charge in [-0.3, -0.25) is 0 Å². The standard InChI is InChI=1S/C23H32NO2.Y/c1-20-9-6-10-21(2)23(20)26-17-8-14-24(13-7-16-25-18-15-24)19-22-11-4-3-5-12-22;/h3-6,9-12H,7-8,13-19H2,1-2H3;/q+1;. The van der Waals surface area contributed by atoms with E-state index in [4.69, 9.17) is 9.47 Å². The maximum Gasteiger partial charge on any atom is 0.125 e. The van der Waals surface area contributed by atoms with Crippen molar-refractivity contribution in [3.05, 3.63) is 65.2 Å². The number of ether oxygens (including phenoxy) is 2. The van der Waals surface area contributed by atoms with Crippen LogP contribution in [0.5, 0.6) is 5.75 Å². The number of benzene rings is 2. The van der Waals surface area contributed by atoms with Gasteiger partial charge >= 0.3 is 0 Å². The van der Waals surface area contributed by atoms with Crippen LogP contribution in [0.4, 0.5) is 0 Å². The third-order valence-electron chi connectivity index (χ3n) is 5.42. The Hall–Kier alpha value is -0.736. The molecule has 1 atom stereocenters. The van der Waals surface area contributed by atoms with Gasteiger partial charge in [0, 0.05) is 51.1 Å². The van der Waals surface area contributed by atoms with Crippen molar-refractivity contribution in [2.24, 2.45) is 0 Å². The van der Waals surface area contributed by atoms with E-state index in [0.29, 0.717) is 0 Å². The molecule has 1 saturated heterocycles. The molecule has 0 spiro atoms. The van der Waals surface area contributed by atoms with E-state index in [0.717, 1.165) is 62.5 Å². The summed E-state index contributed by atoms with van der Waals surface area (Å²) in [5.41, 5.74) is 3.87. The Morgan fingerprint density at radius 2 is 1.67 bits per heavy atom. The topological polar surface area (TPSA) is 18.5 Å². The first-order chi connectivity index (χ1) is 12.7. The van der Waals surface area contributed by atoms with Crippen LogP contribution in [0, 0.1) is 13.8 Å². The fourth-order valence-corrected chi connectivity index (χ4v) is 4.01. The molecule has 143 valence electrons. The molecule has 1 fully saturated rings. The molecule has 0 N–H and O–H groups in total. The first kappa shape index (κ1) is 22.6. The van der Waals surface area contributed by atoms with Crippen LogP contribution in [-0.2, 0) is 44.0 Å². The van der Waals surface area contributed by atoms with Crippen molar-refractivity contribution in [1.29, 1.82) is 0 Å². The van der Waals surface area contributed by atoms with Gasteiger partial charge in [0.2, 0.25) is 0 Å². The van der Waals surface area contributed by atoms with Gasteiger partial charge in [-0.25, -0.2) is 0 Å². The summed E-state index contributed by atoms with van der Waals surface area (Å²) >= 11 is 0. The number of hydrogen-bond donors (Lipinski definition) is 0. The van der Waals surface area contributed by atoms with Crippen molar-refractivity contribution in [2.45, 2.75) is 33.2 Å². The van der Waals surface area contributed by atoms with Crippen molar-refractivity contribution in [3.8, 4) is 5.75 Å². The monoisotopic (exact) mass is 443 g/mol. The summed E-state index contributed by atoms with van der Waals surface area (Å²) in [6, 6.07) is 17.2. The summed E-state index contributed by atoms with van der Waals surface area (Å²) in [6.45, 7) is 11.3. The van der Waals surface area contributed by atoms with E-state index in [9.17, 15) is 0 Å². The Labute approximate surface area is 189 Å². The molecular formula is C23H32NO2Y+. The first-order valence-electron chi connectivity index (χ1n) is 9.84. The minimum absolute atomic E-state index is 0. The van der Waals surface area contributed by atoms with Crippen LogP contribution in [0.2, 0.25) is 0 Å². The van der Waals surface area contributed by atoms with E-state index < -0.39 is 0 Å². The smallest absolute Gasteiger partial charge is 0.125 e. The fourth-order valence-electron chi connectivity index (χ4n) is 4.01. The second-order valence-corrected chi connectivity index (χ2v) is 7.55. The molecule has 4 heteroatoms. The van der Waals surface area contributed by atoms with Crippen molar-refractivity contribution >= 4 is 0 Å². The van der Waals surface area contributed by atoms with Crippen molar-refractivity contribution in [2.75, 3.05) is 39.5 Å². The quantitative estimate of drug-likeness (QED) is 0.463. The fraction of sp³-hybridized carbons (Fsp3) is 0.478. The first-order valence-corrected chi connectivity index (χ1v) is 9.84. The van der Waals surface area contributed by atoms with E-state index in [2.05, 4.69) is 62.4 Å². The van der Waals surface area contributed by atoms with Gasteiger partial charge in [-0.05, 0) is 25.0 Å². The average Bonchev–Trinajstić information content (AvgIpc) is 2.87. The molecule has 2 aromatic carbocycles. The van der Waals surface area contributed by atoms with Crippen LogP contribution < -0.4 is 4.74 Å². The molecule has 0 aromatic heterocycles. The summed E-state index contributed by atoms with van der Waals surface area (Å²) in [5.74, 6) is 1.06. The van der Waals surface area contributed by atoms with Gasteiger partial charge in [-0.1, -0.05) is 48.5 Å². The third-order valence-corrected chi connectivity index (χ3v) is 5.42. The van der Waals surface area contributed by atoms with Gasteiger partial charge in [0.15, 0.2) is 0 Å². The molecule has 1 aliphatic rings. The van der Waals surface area contributed by atoms with Gasteiger partial charge in [0.05, 0.1) is 32.9 Å². The van der Waals surface area contributed by atoms with Crippen LogP contribution in [0.25, 0.3) is 0 Å².